The van der Waals surface area contributed by atoms with Crippen LogP contribution in [-0.2, 0) is 56.3 Å². The lowest BCUT2D eigenvalue weighted by atomic mass is 9.84. The summed E-state index contributed by atoms with van der Waals surface area (Å²) >= 11 is 0. The molecule has 0 radical (unpaired) electrons. The number of aliphatic hydroxyl groups excluding tert-OH is 2. The highest BCUT2D eigenvalue weighted by Crippen LogP contribution is 2.27. The molecule has 10 N–H and O–H groups in total. The van der Waals surface area contributed by atoms with Crippen LogP contribution >= 0.6 is 0 Å². The van der Waals surface area contributed by atoms with Gasteiger partial charge in [0.1, 0.15) is 24.3 Å². The van der Waals surface area contributed by atoms with Crippen LogP contribution in [0.1, 0.15) is 53.7 Å². The van der Waals surface area contributed by atoms with Crippen molar-refractivity contribution in [2.75, 3.05) is 26.3 Å². The van der Waals surface area contributed by atoms with Gasteiger partial charge in [0.05, 0.1) is 31.9 Å². The number of nitrogens with two attached hydrogens (primary N) is 1. The first kappa shape index (κ1) is 42.2. The summed E-state index contributed by atoms with van der Waals surface area (Å²) in [5.74, 6) is -1.07. The number of furan rings is 1. The first-order chi connectivity index (χ1) is 27.2. The van der Waals surface area contributed by atoms with Crippen molar-refractivity contribution in [2.45, 2.75) is 88.6 Å². The van der Waals surface area contributed by atoms with E-state index in [0.717, 1.165) is 16.7 Å². The fraction of sp³-hybridized carbons (Fsp3) is 0.463. The zero-order valence-corrected chi connectivity index (χ0v) is 31.6. The van der Waals surface area contributed by atoms with Crippen LogP contribution in [0.15, 0.2) is 83.5 Å². The molecule has 4 atom stereocenters. The molecule has 3 heterocycles. The van der Waals surface area contributed by atoms with Crippen molar-refractivity contribution < 1.29 is 38.5 Å². The smallest absolute Gasteiger partial charge is 0.244 e. The second-order valence-corrected chi connectivity index (χ2v) is 14.3. The molecule has 2 aromatic carbocycles. The SMILES string of the molecule is NCCOCCNC(=O)[C@@H]1Cc2cccc(c2)CNC(=O)/C=C/C(=O)N[C@H]2CC[C@H](CC2)C(O)N[C@@H](Cc2ccco2)C(O)NCc2ccccc2CC(=O)N1. The predicted octanol–water partition coefficient (Wildman–Crippen LogP) is 0.429. The third kappa shape index (κ3) is 13.7. The van der Waals surface area contributed by atoms with E-state index < -0.39 is 30.4 Å². The molecule has 15 nitrogen and oxygen atoms in total. The Morgan fingerprint density at radius 3 is 2.39 bits per heavy atom. The topological polar surface area (TPSA) is 229 Å². The number of nitrogens with one attached hydrogen (secondary N) is 6. The monoisotopic (exact) mass is 773 g/mol. The number of benzene rings is 2. The Kier molecular flexibility index (Phi) is 16.6. The normalized spacial score (nSPS) is 25.2. The fourth-order valence-corrected chi connectivity index (χ4v) is 7.03. The molecule has 0 saturated heterocycles. The third-order valence-electron chi connectivity index (χ3n) is 10.0. The van der Waals surface area contributed by atoms with Gasteiger partial charge in [0.2, 0.25) is 23.6 Å². The van der Waals surface area contributed by atoms with Gasteiger partial charge in [-0.2, -0.15) is 0 Å². The Balaban J connectivity index is 1.36. The van der Waals surface area contributed by atoms with E-state index in [9.17, 15) is 29.4 Å². The van der Waals surface area contributed by atoms with Crippen LogP contribution in [0.25, 0.3) is 0 Å². The zero-order chi connectivity index (χ0) is 39.7. The highest BCUT2D eigenvalue weighted by Gasteiger charge is 2.31. The molecule has 1 saturated carbocycles. The summed E-state index contributed by atoms with van der Waals surface area (Å²) in [6, 6.07) is 16.6. The van der Waals surface area contributed by atoms with Crippen LogP contribution in [0.3, 0.4) is 0 Å². The first-order valence-corrected chi connectivity index (χ1v) is 19.3. The van der Waals surface area contributed by atoms with E-state index in [1.807, 2.05) is 48.5 Å². The highest BCUT2D eigenvalue weighted by molar-refractivity contribution is 5.96. The summed E-state index contributed by atoms with van der Waals surface area (Å²) in [7, 11) is 0. The predicted molar refractivity (Wildman–Crippen MR) is 208 cm³/mol. The number of hydrogen-bond acceptors (Lipinski definition) is 11. The van der Waals surface area contributed by atoms with Gasteiger partial charge in [0.25, 0.3) is 0 Å². The van der Waals surface area contributed by atoms with Crippen molar-refractivity contribution in [1.29, 1.82) is 0 Å². The lowest BCUT2D eigenvalue weighted by molar-refractivity contribution is -0.128. The van der Waals surface area contributed by atoms with E-state index in [-0.39, 0.29) is 68.8 Å². The molecule has 0 spiro atoms. The summed E-state index contributed by atoms with van der Waals surface area (Å²) in [5, 5.41) is 40.6. The molecule has 4 amide bonds. The molecule has 56 heavy (non-hydrogen) atoms. The number of fused-ring (bicyclic) bond motifs is 16. The van der Waals surface area contributed by atoms with E-state index in [0.29, 0.717) is 56.6 Å². The number of amides is 4. The molecule has 2 unspecified atom stereocenters. The van der Waals surface area contributed by atoms with Gasteiger partial charge in [-0.25, -0.2) is 0 Å². The number of aliphatic hydroxyl groups is 2. The van der Waals surface area contributed by atoms with Crippen LogP contribution < -0.4 is 37.6 Å². The summed E-state index contributed by atoms with van der Waals surface area (Å²) in [4.78, 5) is 52.4. The molecule has 15 heteroatoms. The van der Waals surface area contributed by atoms with E-state index in [4.69, 9.17) is 14.9 Å². The van der Waals surface area contributed by atoms with Crippen LogP contribution in [0.2, 0.25) is 0 Å². The molecule has 1 aliphatic carbocycles. The van der Waals surface area contributed by atoms with Gasteiger partial charge >= 0.3 is 0 Å². The minimum Gasteiger partial charge on any atom is -0.469 e. The van der Waals surface area contributed by atoms with Gasteiger partial charge in [-0.3, -0.25) is 29.8 Å². The molecule has 2 aliphatic heterocycles. The molecule has 6 rings (SSSR count). The Bertz CT molecular complexity index is 1740. The minimum atomic E-state index is -1.11. The van der Waals surface area contributed by atoms with Crippen molar-refractivity contribution in [3.05, 3.63) is 107 Å². The quantitative estimate of drug-likeness (QED) is 0.143. The lowest BCUT2D eigenvalue weighted by Crippen LogP contribution is -2.54. The van der Waals surface area contributed by atoms with Gasteiger partial charge in [-0.05, 0) is 66.0 Å². The third-order valence-corrected chi connectivity index (χ3v) is 10.0. The summed E-state index contributed by atoms with van der Waals surface area (Å²) in [6.45, 7) is 1.61. The molecule has 3 aliphatic rings. The summed E-state index contributed by atoms with van der Waals surface area (Å²) < 4.78 is 11.0. The van der Waals surface area contributed by atoms with Crippen LogP contribution in [-0.4, -0.2) is 90.7 Å². The molecule has 4 bridgehead atoms. The summed E-state index contributed by atoms with van der Waals surface area (Å²) in [5.41, 5.74) is 8.52. The Morgan fingerprint density at radius 2 is 1.62 bits per heavy atom. The molecule has 1 fully saturated rings. The average Bonchev–Trinajstić information content (AvgIpc) is 3.71. The van der Waals surface area contributed by atoms with E-state index in [1.165, 1.54) is 12.2 Å². The maximum Gasteiger partial charge on any atom is 0.244 e. The van der Waals surface area contributed by atoms with Crippen LogP contribution in [0.4, 0.5) is 0 Å². The van der Waals surface area contributed by atoms with E-state index in [1.54, 1.807) is 18.4 Å². The van der Waals surface area contributed by atoms with Crippen LogP contribution in [0.5, 0.6) is 0 Å². The number of hydrogen-bond donors (Lipinski definition) is 9. The molecular weight excluding hydrogens is 718 g/mol. The van der Waals surface area contributed by atoms with Gasteiger partial charge < -0.3 is 46.4 Å². The van der Waals surface area contributed by atoms with E-state index in [2.05, 4.69) is 31.9 Å². The summed E-state index contributed by atoms with van der Waals surface area (Å²) in [6.07, 6.45) is 4.91. The largest absolute Gasteiger partial charge is 0.469 e. The van der Waals surface area contributed by atoms with Gasteiger partial charge in [0.15, 0.2) is 0 Å². The van der Waals surface area contributed by atoms with Gasteiger partial charge in [-0.15, -0.1) is 0 Å². The first-order valence-electron chi connectivity index (χ1n) is 19.3. The van der Waals surface area contributed by atoms with Crippen molar-refractivity contribution in [1.82, 2.24) is 31.9 Å². The zero-order valence-electron chi connectivity index (χ0n) is 31.6. The molecular formula is C41H55N7O8. The lowest BCUT2D eigenvalue weighted by Gasteiger charge is -2.35. The van der Waals surface area contributed by atoms with Crippen molar-refractivity contribution in [3.63, 3.8) is 0 Å². The molecule has 3 aromatic rings. The highest BCUT2D eigenvalue weighted by atomic mass is 16.5. The second-order valence-electron chi connectivity index (χ2n) is 14.3. The standard InChI is InChI=1S/C41H55N7O8/c42-16-19-55-20-17-43-40(53)34-22-27-5-3-6-28(21-27)25-44-36(49)14-15-37(50)46-32-12-10-29(11-13-32)39(52)48-35(24-33-9-4-18-56-33)41(54)45-26-31-8-2-1-7-30(31)23-38(51)47-34/h1-9,14-15,18,21,29,32,34-35,39,41,45,48,52,54H,10-13,16-17,19-20,22-26,42H2,(H,43,53)(H,44,49)(H,46,50)(H,47,51)/b15-14+/t29-,32+,34-,35-,39?,41?/m0/s1. The molecule has 1 aromatic heterocycles. The maximum atomic E-state index is 13.6. The van der Waals surface area contributed by atoms with E-state index >= 15 is 0 Å². The second kappa shape index (κ2) is 22.0. The Labute approximate surface area is 327 Å². The van der Waals surface area contributed by atoms with Crippen molar-refractivity contribution in [3.8, 4) is 0 Å². The van der Waals surface area contributed by atoms with Crippen LogP contribution in [0, 0.1) is 5.92 Å². The van der Waals surface area contributed by atoms with Gasteiger partial charge in [0, 0.05) is 57.2 Å². The number of rotatable bonds is 8. The number of ether oxygens (including phenoxy) is 1. The number of carbonyl (C=O) groups excluding carboxylic acids is 4. The minimum absolute atomic E-state index is 0.0241. The Morgan fingerprint density at radius 1 is 0.857 bits per heavy atom. The number of carbonyl (C=O) groups is 4. The molecule has 302 valence electrons. The fourth-order valence-electron chi connectivity index (χ4n) is 7.03. The van der Waals surface area contributed by atoms with Gasteiger partial charge in [-0.1, -0.05) is 48.5 Å². The average molecular weight is 774 g/mol. The van der Waals surface area contributed by atoms with Crippen molar-refractivity contribution >= 4 is 23.6 Å². The Hall–Kier alpha value is -4.90. The maximum absolute atomic E-state index is 13.6. The van der Waals surface area contributed by atoms with Crippen molar-refractivity contribution in [2.24, 2.45) is 11.7 Å².